The van der Waals surface area contributed by atoms with E-state index < -0.39 is 11.6 Å². The molecule has 0 radical (unpaired) electrons. The third kappa shape index (κ3) is 3.04. The highest BCUT2D eigenvalue weighted by Crippen LogP contribution is 2.25. The summed E-state index contributed by atoms with van der Waals surface area (Å²) in [7, 11) is 0. The molecule has 5 heteroatoms. The van der Waals surface area contributed by atoms with E-state index in [0.717, 1.165) is 6.07 Å². The van der Waals surface area contributed by atoms with E-state index in [4.69, 9.17) is 12.2 Å². The Kier molecular flexibility index (Phi) is 3.49. The van der Waals surface area contributed by atoms with E-state index in [2.05, 4.69) is 9.97 Å². The quantitative estimate of drug-likeness (QED) is 0.785. The standard InChI is InChI=1S/C14H14F2N2S/c1-14(2,3)13-17-11(7-12(19)18-13)9-5-4-8(15)6-10(9)16/h4-7H,1-3H3,(H,17,18,19). The van der Waals surface area contributed by atoms with Gasteiger partial charge in [-0.2, -0.15) is 0 Å². The van der Waals surface area contributed by atoms with Crippen LogP contribution in [-0.2, 0) is 5.41 Å². The largest absolute Gasteiger partial charge is 0.343 e. The Hall–Kier alpha value is -1.62. The first-order valence-electron chi connectivity index (χ1n) is 5.84. The zero-order chi connectivity index (χ0) is 14.2. The van der Waals surface area contributed by atoms with Gasteiger partial charge in [-0.1, -0.05) is 33.0 Å². The molecule has 0 spiro atoms. The predicted molar refractivity (Wildman–Crippen MR) is 73.5 cm³/mol. The SMILES string of the molecule is CC(C)(C)c1nc(=S)cc(-c2ccc(F)cc2F)[nH]1. The molecular formula is C14H14F2N2S. The lowest BCUT2D eigenvalue weighted by Gasteiger charge is -2.18. The van der Waals surface area contributed by atoms with Crippen LogP contribution in [0.5, 0.6) is 0 Å². The molecule has 1 aromatic carbocycles. The molecule has 0 atom stereocenters. The van der Waals surface area contributed by atoms with E-state index in [0.29, 0.717) is 16.2 Å². The number of hydrogen-bond donors (Lipinski definition) is 1. The summed E-state index contributed by atoms with van der Waals surface area (Å²) in [6.07, 6.45) is 0. The van der Waals surface area contributed by atoms with Gasteiger partial charge in [-0.3, -0.25) is 0 Å². The van der Waals surface area contributed by atoms with Crippen LogP contribution in [0.2, 0.25) is 0 Å². The minimum Gasteiger partial charge on any atom is -0.343 e. The van der Waals surface area contributed by atoms with Crippen LogP contribution in [0.4, 0.5) is 8.78 Å². The van der Waals surface area contributed by atoms with E-state index in [1.54, 1.807) is 6.07 Å². The highest BCUT2D eigenvalue weighted by molar-refractivity contribution is 7.71. The van der Waals surface area contributed by atoms with Crippen LogP contribution >= 0.6 is 12.2 Å². The lowest BCUT2D eigenvalue weighted by molar-refractivity contribution is 0.544. The fourth-order valence-corrected chi connectivity index (χ4v) is 1.87. The van der Waals surface area contributed by atoms with Gasteiger partial charge in [-0.05, 0) is 18.2 Å². The van der Waals surface area contributed by atoms with Crippen molar-refractivity contribution in [3.8, 4) is 11.3 Å². The third-order valence-electron chi connectivity index (χ3n) is 2.67. The summed E-state index contributed by atoms with van der Waals surface area (Å²) < 4.78 is 27.1. The molecular weight excluding hydrogens is 266 g/mol. The summed E-state index contributed by atoms with van der Waals surface area (Å²) in [6, 6.07) is 5.02. The van der Waals surface area contributed by atoms with Crippen LogP contribution in [-0.4, -0.2) is 9.97 Å². The number of aromatic nitrogens is 2. The van der Waals surface area contributed by atoms with Crippen molar-refractivity contribution in [2.45, 2.75) is 26.2 Å². The molecule has 0 aliphatic carbocycles. The molecule has 0 bridgehead atoms. The maximum absolute atomic E-state index is 13.8. The fourth-order valence-electron chi connectivity index (χ4n) is 1.67. The molecule has 100 valence electrons. The van der Waals surface area contributed by atoms with Crippen molar-refractivity contribution >= 4 is 12.2 Å². The summed E-state index contributed by atoms with van der Waals surface area (Å²) in [5.41, 5.74) is 0.544. The summed E-state index contributed by atoms with van der Waals surface area (Å²) in [5, 5.41) is 0. The Morgan fingerprint density at radius 3 is 2.42 bits per heavy atom. The third-order valence-corrected chi connectivity index (χ3v) is 2.88. The van der Waals surface area contributed by atoms with Crippen molar-refractivity contribution in [2.75, 3.05) is 0 Å². The van der Waals surface area contributed by atoms with Crippen molar-refractivity contribution < 1.29 is 8.78 Å². The minimum atomic E-state index is -0.628. The van der Waals surface area contributed by atoms with Crippen LogP contribution in [0.1, 0.15) is 26.6 Å². The Labute approximate surface area is 115 Å². The summed E-state index contributed by atoms with van der Waals surface area (Å²) in [4.78, 5) is 7.30. The van der Waals surface area contributed by atoms with Crippen molar-refractivity contribution in [3.05, 3.63) is 46.4 Å². The van der Waals surface area contributed by atoms with Gasteiger partial charge in [-0.25, -0.2) is 13.8 Å². The van der Waals surface area contributed by atoms with Crippen molar-refractivity contribution in [3.63, 3.8) is 0 Å². The summed E-state index contributed by atoms with van der Waals surface area (Å²) in [6.45, 7) is 5.93. The van der Waals surface area contributed by atoms with Gasteiger partial charge in [0.1, 0.15) is 22.1 Å². The normalized spacial score (nSPS) is 11.6. The molecule has 2 nitrogen and oxygen atoms in total. The van der Waals surface area contributed by atoms with E-state index in [1.807, 2.05) is 20.8 Å². The molecule has 0 saturated heterocycles. The summed E-state index contributed by atoms with van der Waals surface area (Å²) in [5.74, 6) is -0.569. The van der Waals surface area contributed by atoms with Gasteiger partial charge >= 0.3 is 0 Å². The first kappa shape index (κ1) is 13.8. The Bertz CT molecular complexity index is 672. The van der Waals surface area contributed by atoms with Gasteiger partial charge in [0.15, 0.2) is 0 Å². The molecule has 0 unspecified atom stereocenters. The van der Waals surface area contributed by atoms with Crippen molar-refractivity contribution in [1.82, 2.24) is 9.97 Å². The van der Waals surface area contributed by atoms with E-state index in [-0.39, 0.29) is 11.0 Å². The van der Waals surface area contributed by atoms with E-state index in [1.165, 1.54) is 12.1 Å². The first-order chi connectivity index (χ1) is 8.77. The summed E-state index contributed by atoms with van der Waals surface area (Å²) >= 11 is 5.10. The number of halogens is 2. The van der Waals surface area contributed by atoms with Gasteiger partial charge in [0, 0.05) is 17.0 Å². The minimum absolute atomic E-state index is 0.236. The van der Waals surface area contributed by atoms with Crippen molar-refractivity contribution in [2.24, 2.45) is 0 Å². The zero-order valence-electron chi connectivity index (χ0n) is 10.9. The van der Waals surface area contributed by atoms with Crippen LogP contribution in [0.3, 0.4) is 0 Å². The average Bonchev–Trinajstić information content (AvgIpc) is 2.26. The van der Waals surface area contributed by atoms with Gasteiger partial charge in [0.05, 0.1) is 5.69 Å². The van der Waals surface area contributed by atoms with Crippen LogP contribution in [0.25, 0.3) is 11.3 Å². The van der Waals surface area contributed by atoms with Crippen LogP contribution in [0.15, 0.2) is 24.3 Å². The van der Waals surface area contributed by atoms with Gasteiger partial charge in [0.25, 0.3) is 0 Å². The lowest BCUT2D eigenvalue weighted by atomic mass is 9.95. The molecule has 19 heavy (non-hydrogen) atoms. The van der Waals surface area contributed by atoms with Gasteiger partial charge in [0.2, 0.25) is 0 Å². The number of benzene rings is 1. The molecule has 1 N–H and O–H groups in total. The Balaban J connectivity index is 2.63. The highest BCUT2D eigenvalue weighted by atomic mass is 32.1. The van der Waals surface area contributed by atoms with Crippen LogP contribution < -0.4 is 0 Å². The number of nitrogens with one attached hydrogen (secondary N) is 1. The smallest absolute Gasteiger partial charge is 0.135 e. The molecule has 2 aromatic rings. The number of aromatic amines is 1. The molecule has 2 rings (SSSR count). The second kappa shape index (κ2) is 4.81. The van der Waals surface area contributed by atoms with Crippen molar-refractivity contribution in [1.29, 1.82) is 0 Å². The van der Waals surface area contributed by atoms with Gasteiger partial charge < -0.3 is 4.98 Å². The molecule has 1 aromatic heterocycles. The van der Waals surface area contributed by atoms with E-state index >= 15 is 0 Å². The fraction of sp³-hybridized carbons (Fsp3) is 0.286. The maximum Gasteiger partial charge on any atom is 0.135 e. The molecule has 0 saturated carbocycles. The maximum atomic E-state index is 13.8. The molecule has 0 aliphatic heterocycles. The van der Waals surface area contributed by atoms with Crippen LogP contribution in [0, 0.1) is 16.3 Å². The second-order valence-corrected chi connectivity index (χ2v) is 5.77. The topological polar surface area (TPSA) is 28.7 Å². The number of H-pyrrole nitrogens is 1. The zero-order valence-corrected chi connectivity index (χ0v) is 11.7. The first-order valence-corrected chi connectivity index (χ1v) is 6.25. The lowest BCUT2D eigenvalue weighted by Crippen LogP contribution is -2.16. The molecule has 0 aliphatic rings. The second-order valence-electron chi connectivity index (χ2n) is 5.36. The van der Waals surface area contributed by atoms with Gasteiger partial charge in [-0.15, -0.1) is 0 Å². The monoisotopic (exact) mass is 280 g/mol. The predicted octanol–water partition coefficient (Wildman–Crippen LogP) is 4.38. The molecule has 1 heterocycles. The van der Waals surface area contributed by atoms with E-state index in [9.17, 15) is 8.78 Å². The Morgan fingerprint density at radius 2 is 1.84 bits per heavy atom. The number of nitrogens with zero attached hydrogens (tertiary/aromatic N) is 1. The molecule has 0 amide bonds. The highest BCUT2D eigenvalue weighted by Gasteiger charge is 2.18. The number of hydrogen-bond acceptors (Lipinski definition) is 2. The average molecular weight is 280 g/mol. The molecule has 0 fully saturated rings. The number of rotatable bonds is 1. The Morgan fingerprint density at radius 1 is 1.16 bits per heavy atom.